The molecular weight excluding hydrogens is 276 g/mol. The van der Waals surface area contributed by atoms with Crippen LogP contribution >= 0.6 is 0 Å². The monoisotopic (exact) mass is 286 g/mol. The number of nitro groups is 1. The Bertz CT molecular complexity index is 745. The van der Waals surface area contributed by atoms with Gasteiger partial charge in [-0.3, -0.25) is 14.5 Å². The Morgan fingerprint density at radius 1 is 1.19 bits per heavy atom. The van der Waals surface area contributed by atoms with Gasteiger partial charge < -0.3 is 10.1 Å². The van der Waals surface area contributed by atoms with E-state index in [1.165, 1.54) is 17.8 Å². The molecule has 2 aromatic rings. The zero-order chi connectivity index (χ0) is 15.1. The number of amides is 2. The van der Waals surface area contributed by atoms with Gasteiger partial charge in [0.1, 0.15) is 0 Å². The molecule has 1 aromatic carbocycles. The number of fused-ring (bicyclic) bond motifs is 1. The lowest BCUT2D eigenvalue weighted by Crippen LogP contribution is -2.30. The van der Waals surface area contributed by atoms with Crippen LogP contribution in [0.1, 0.15) is 26.4 Å². The van der Waals surface area contributed by atoms with Gasteiger partial charge in [-0.1, -0.05) is 12.1 Å². The van der Waals surface area contributed by atoms with Gasteiger partial charge in [0, 0.05) is 0 Å². The van der Waals surface area contributed by atoms with Crippen LogP contribution in [-0.2, 0) is 13.6 Å². The Balaban J connectivity index is 1.92. The number of rotatable bonds is 3. The molecule has 0 bridgehead atoms. The van der Waals surface area contributed by atoms with E-state index >= 15 is 0 Å². The molecule has 106 valence electrons. The van der Waals surface area contributed by atoms with Crippen molar-refractivity contribution in [3.05, 3.63) is 57.3 Å². The Hall–Kier alpha value is -3.03. The Labute approximate surface area is 118 Å². The Morgan fingerprint density at radius 3 is 2.24 bits per heavy atom. The molecule has 0 saturated carbocycles. The van der Waals surface area contributed by atoms with Crippen molar-refractivity contribution in [2.24, 2.45) is 7.05 Å². The van der Waals surface area contributed by atoms with E-state index in [4.69, 9.17) is 0 Å². The predicted octanol–water partition coefficient (Wildman–Crippen LogP) is 1.12. The molecule has 0 saturated heterocycles. The van der Waals surface area contributed by atoms with Gasteiger partial charge in [-0.05, 0) is 17.1 Å². The molecule has 0 aliphatic carbocycles. The molecule has 1 aliphatic heterocycles. The summed E-state index contributed by atoms with van der Waals surface area (Å²) in [5.41, 5.74) is 1.11. The van der Waals surface area contributed by atoms with Crippen LogP contribution in [0.4, 0.5) is 5.82 Å². The second-order valence-electron chi connectivity index (χ2n) is 4.62. The van der Waals surface area contributed by atoms with E-state index in [-0.39, 0.29) is 12.4 Å². The normalized spacial score (nSPS) is 13.7. The Kier molecular flexibility index (Phi) is 2.79. The minimum atomic E-state index is -0.619. The van der Waals surface area contributed by atoms with Gasteiger partial charge in [-0.25, -0.2) is 0 Å². The summed E-state index contributed by atoms with van der Waals surface area (Å²) in [6, 6.07) is 7.79. The maximum Gasteiger partial charge on any atom is 0.390 e. The first kappa shape index (κ1) is 13.0. The smallest absolute Gasteiger partial charge is 0.358 e. The molecule has 0 radical (unpaired) electrons. The molecule has 21 heavy (non-hydrogen) atoms. The number of nitrogens with zero attached hydrogens (tertiary/aromatic N) is 4. The zero-order valence-corrected chi connectivity index (χ0v) is 11.0. The molecule has 0 spiro atoms. The summed E-state index contributed by atoms with van der Waals surface area (Å²) in [5.74, 6) is -1.12. The zero-order valence-electron chi connectivity index (χ0n) is 11.0. The average Bonchev–Trinajstić information content (AvgIpc) is 2.94. The van der Waals surface area contributed by atoms with Crippen molar-refractivity contribution < 1.29 is 14.5 Å². The molecule has 0 atom stereocenters. The lowest BCUT2D eigenvalue weighted by molar-refractivity contribution is -0.389. The van der Waals surface area contributed by atoms with Crippen molar-refractivity contribution in [3.8, 4) is 0 Å². The van der Waals surface area contributed by atoms with Crippen LogP contribution in [0.5, 0.6) is 0 Å². The highest BCUT2D eigenvalue weighted by atomic mass is 16.6. The van der Waals surface area contributed by atoms with Gasteiger partial charge in [0.2, 0.25) is 0 Å². The number of hydrogen-bond acceptors (Lipinski definition) is 5. The molecule has 8 nitrogen and oxygen atoms in total. The fourth-order valence-electron chi connectivity index (χ4n) is 2.27. The van der Waals surface area contributed by atoms with Crippen LogP contribution in [0.2, 0.25) is 0 Å². The molecule has 0 N–H and O–H groups in total. The summed E-state index contributed by atoms with van der Waals surface area (Å²) in [4.78, 5) is 35.5. The maximum atomic E-state index is 12.2. The molecule has 1 aromatic heterocycles. The van der Waals surface area contributed by atoms with Gasteiger partial charge in [-0.15, -0.1) is 0 Å². The van der Waals surface area contributed by atoms with Crippen molar-refractivity contribution in [2.75, 3.05) is 0 Å². The van der Waals surface area contributed by atoms with Crippen LogP contribution in [0, 0.1) is 10.1 Å². The predicted molar refractivity (Wildman–Crippen MR) is 70.5 cm³/mol. The number of hydrogen-bond donors (Lipinski definition) is 0. The van der Waals surface area contributed by atoms with Crippen LogP contribution in [0.15, 0.2) is 30.3 Å². The van der Waals surface area contributed by atoms with Gasteiger partial charge >= 0.3 is 5.82 Å². The maximum absolute atomic E-state index is 12.2. The summed E-state index contributed by atoms with van der Waals surface area (Å²) in [5, 5.41) is 14.4. The summed E-state index contributed by atoms with van der Waals surface area (Å²) in [6.07, 6.45) is 0. The fourth-order valence-corrected chi connectivity index (χ4v) is 2.27. The molecule has 8 heteroatoms. The summed E-state index contributed by atoms with van der Waals surface area (Å²) < 4.78 is 1.29. The Morgan fingerprint density at radius 2 is 1.76 bits per heavy atom. The number of carbonyl (C=O) groups excluding carboxylic acids is 2. The molecule has 2 amide bonds. The van der Waals surface area contributed by atoms with Crippen LogP contribution in [0.25, 0.3) is 0 Å². The first-order chi connectivity index (χ1) is 9.99. The van der Waals surface area contributed by atoms with Crippen LogP contribution < -0.4 is 0 Å². The second-order valence-corrected chi connectivity index (χ2v) is 4.62. The van der Waals surface area contributed by atoms with E-state index in [0.29, 0.717) is 16.8 Å². The highest BCUT2D eigenvalue weighted by Crippen LogP contribution is 2.24. The van der Waals surface area contributed by atoms with E-state index in [0.717, 1.165) is 4.90 Å². The first-order valence-electron chi connectivity index (χ1n) is 6.11. The van der Waals surface area contributed by atoms with Gasteiger partial charge in [-0.2, -0.15) is 4.68 Å². The third kappa shape index (κ3) is 1.97. The fraction of sp³-hybridized carbons (Fsp3) is 0.154. The third-order valence-electron chi connectivity index (χ3n) is 3.35. The second kappa shape index (κ2) is 4.51. The number of aryl methyl sites for hydroxylation is 1. The topological polar surface area (TPSA) is 98.3 Å². The number of benzene rings is 1. The summed E-state index contributed by atoms with van der Waals surface area (Å²) >= 11 is 0. The molecule has 1 aliphatic rings. The lowest BCUT2D eigenvalue weighted by Gasteiger charge is -2.12. The van der Waals surface area contributed by atoms with Crippen LogP contribution in [-0.4, -0.2) is 31.4 Å². The molecule has 0 unspecified atom stereocenters. The van der Waals surface area contributed by atoms with E-state index in [1.807, 2.05) is 0 Å². The van der Waals surface area contributed by atoms with Crippen molar-refractivity contribution in [1.82, 2.24) is 14.7 Å². The van der Waals surface area contributed by atoms with E-state index in [9.17, 15) is 19.7 Å². The van der Waals surface area contributed by atoms with Crippen molar-refractivity contribution in [2.45, 2.75) is 6.54 Å². The van der Waals surface area contributed by atoms with Crippen LogP contribution in [0.3, 0.4) is 0 Å². The first-order valence-corrected chi connectivity index (χ1v) is 6.11. The van der Waals surface area contributed by atoms with E-state index in [1.54, 1.807) is 24.3 Å². The quantitative estimate of drug-likeness (QED) is 0.478. The standard InChI is InChI=1S/C13H10N4O4/c1-15-8(6-11(14-15)17(20)21)7-16-12(18)9-4-2-3-5-10(9)13(16)19/h2-6H,7H2,1H3. The minimum absolute atomic E-state index is 0.0519. The molecule has 0 fully saturated rings. The lowest BCUT2D eigenvalue weighted by atomic mass is 10.1. The number of carbonyl (C=O) groups is 2. The van der Waals surface area contributed by atoms with E-state index in [2.05, 4.69) is 5.10 Å². The largest absolute Gasteiger partial charge is 0.390 e. The minimum Gasteiger partial charge on any atom is -0.358 e. The summed E-state index contributed by atoms with van der Waals surface area (Å²) in [7, 11) is 1.53. The molecule has 2 heterocycles. The number of imide groups is 1. The van der Waals surface area contributed by atoms with E-state index < -0.39 is 16.7 Å². The SMILES string of the molecule is Cn1nc([N+](=O)[O-])cc1CN1C(=O)c2ccccc2C1=O. The molecular formula is C13H10N4O4. The van der Waals surface area contributed by atoms with Gasteiger partial charge in [0.25, 0.3) is 11.8 Å². The van der Waals surface area contributed by atoms with Gasteiger partial charge in [0.15, 0.2) is 0 Å². The van der Waals surface area contributed by atoms with Gasteiger partial charge in [0.05, 0.1) is 41.6 Å². The van der Waals surface area contributed by atoms with Crippen molar-refractivity contribution in [1.29, 1.82) is 0 Å². The van der Waals surface area contributed by atoms with Crippen molar-refractivity contribution in [3.63, 3.8) is 0 Å². The highest BCUT2D eigenvalue weighted by molar-refractivity contribution is 6.21. The third-order valence-corrected chi connectivity index (χ3v) is 3.35. The summed E-state index contributed by atoms with van der Waals surface area (Å²) in [6.45, 7) is -0.0519. The number of aromatic nitrogens is 2. The van der Waals surface area contributed by atoms with Crippen molar-refractivity contribution >= 4 is 17.6 Å². The molecule has 3 rings (SSSR count). The highest BCUT2D eigenvalue weighted by Gasteiger charge is 2.36. The average molecular weight is 286 g/mol.